The fourth-order valence-electron chi connectivity index (χ4n) is 2.18. The van der Waals surface area contributed by atoms with Gasteiger partial charge in [0.2, 0.25) is 0 Å². The van der Waals surface area contributed by atoms with E-state index in [9.17, 15) is 14.7 Å². The number of carbonyl (C=O) groups is 1. The Morgan fingerprint density at radius 1 is 1.05 bits per heavy atom. The van der Waals surface area contributed by atoms with Gasteiger partial charge >= 0.3 is 11.6 Å². The largest absolute Gasteiger partial charge is 0.478 e. The number of rotatable bonds is 2. The van der Waals surface area contributed by atoms with Crippen LogP contribution in [-0.2, 0) is 0 Å². The van der Waals surface area contributed by atoms with Crippen LogP contribution in [0.2, 0.25) is 5.02 Å². The standard InChI is InChI=1S/C16H9ClO4/c17-10-5-6-11(12(8-10)15(18)19)13-7-9-3-1-2-4-14(9)21-16(13)20/h1-8H,(H,18,19). The second-order valence-corrected chi connectivity index (χ2v) is 4.92. The molecule has 21 heavy (non-hydrogen) atoms. The fraction of sp³-hybridized carbons (Fsp3) is 0. The summed E-state index contributed by atoms with van der Waals surface area (Å²) in [6, 6.07) is 13.0. The average molecular weight is 301 g/mol. The average Bonchev–Trinajstić information content (AvgIpc) is 2.46. The van der Waals surface area contributed by atoms with Crippen LogP contribution in [0.25, 0.3) is 22.1 Å². The molecule has 0 fully saturated rings. The molecule has 0 unspecified atom stereocenters. The zero-order valence-corrected chi connectivity index (χ0v) is 11.4. The molecule has 3 aromatic rings. The third kappa shape index (κ3) is 2.41. The van der Waals surface area contributed by atoms with E-state index >= 15 is 0 Å². The summed E-state index contributed by atoms with van der Waals surface area (Å²) in [6.07, 6.45) is 0. The van der Waals surface area contributed by atoms with Crippen molar-refractivity contribution in [2.45, 2.75) is 0 Å². The molecular weight excluding hydrogens is 292 g/mol. The van der Waals surface area contributed by atoms with Gasteiger partial charge in [-0.2, -0.15) is 0 Å². The molecule has 1 N–H and O–H groups in total. The molecule has 3 rings (SSSR count). The van der Waals surface area contributed by atoms with Gasteiger partial charge in [-0.1, -0.05) is 35.9 Å². The molecule has 4 nitrogen and oxygen atoms in total. The molecule has 1 aromatic heterocycles. The van der Waals surface area contributed by atoms with Crippen molar-refractivity contribution in [3.05, 3.63) is 69.5 Å². The number of carboxylic acids is 1. The van der Waals surface area contributed by atoms with Crippen LogP contribution < -0.4 is 5.63 Å². The molecule has 5 heteroatoms. The van der Waals surface area contributed by atoms with E-state index in [2.05, 4.69) is 0 Å². The summed E-state index contributed by atoms with van der Waals surface area (Å²) < 4.78 is 5.23. The number of fused-ring (bicyclic) bond motifs is 1. The molecule has 0 aliphatic carbocycles. The summed E-state index contributed by atoms with van der Waals surface area (Å²) in [4.78, 5) is 23.4. The van der Waals surface area contributed by atoms with Crippen LogP contribution in [0.3, 0.4) is 0 Å². The Morgan fingerprint density at radius 2 is 1.81 bits per heavy atom. The molecule has 0 bridgehead atoms. The van der Waals surface area contributed by atoms with Gasteiger partial charge in [0.1, 0.15) is 5.58 Å². The van der Waals surface area contributed by atoms with E-state index in [4.69, 9.17) is 16.0 Å². The second-order valence-electron chi connectivity index (χ2n) is 4.48. The van der Waals surface area contributed by atoms with E-state index in [1.807, 2.05) is 6.07 Å². The summed E-state index contributed by atoms with van der Waals surface area (Å²) in [5.41, 5.74) is 0.315. The maximum absolute atomic E-state index is 12.1. The first-order valence-electron chi connectivity index (χ1n) is 6.12. The van der Waals surface area contributed by atoms with Crippen molar-refractivity contribution in [3.8, 4) is 11.1 Å². The molecule has 0 radical (unpaired) electrons. The van der Waals surface area contributed by atoms with E-state index in [0.29, 0.717) is 10.6 Å². The number of benzene rings is 2. The zero-order chi connectivity index (χ0) is 15.0. The van der Waals surface area contributed by atoms with Gasteiger partial charge in [-0.3, -0.25) is 0 Å². The molecule has 2 aromatic carbocycles. The van der Waals surface area contributed by atoms with Crippen LogP contribution in [0.5, 0.6) is 0 Å². The van der Waals surface area contributed by atoms with Crippen molar-refractivity contribution < 1.29 is 14.3 Å². The Morgan fingerprint density at radius 3 is 2.57 bits per heavy atom. The highest BCUT2D eigenvalue weighted by Crippen LogP contribution is 2.26. The van der Waals surface area contributed by atoms with Crippen molar-refractivity contribution in [1.29, 1.82) is 0 Å². The van der Waals surface area contributed by atoms with E-state index in [1.54, 1.807) is 24.3 Å². The fourth-order valence-corrected chi connectivity index (χ4v) is 2.35. The van der Waals surface area contributed by atoms with E-state index in [-0.39, 0.29) is 16.7 Å². The van der Waals surface area contributed by atoms with Gasteiger partial charge in [-0.15, -0.1) is 0 Å². The van der Waals surface area contributed by atoms with Crippen LogP contribution in [0.4, 0.5) is 0 Å². The van der Waals surface area contributed by atoms with Gasteiger partial charge in [0.15, 0.2) is 0 Å². The van der Waals surface area contributed by atoms with Crippen LogP contribution in [0.15, 0.2) is 57.7 Å². The molecule has 0 atom stereocenters. The van der Waals surface area contributed by atoms with Crippen molar-refractivity contribution in [3.63, 3.8) is 0 Å². The zero-order valence-electron chi connectivity index (χ0n) is 10.7. The number of hydrogen-bond donors (Lipinski definition) is 1. The number of para-hydroxylation sites is 1. The minimum Gasteiger partial charge on any atom is -0.478 e. The third-order valence-corrected chi connectivity index (χ3v) is 3.38. The Labute approximate surface area is 124 Å². The summed E-state index contributed by atoms with van der Waals surface area (Å²) in [5, 5.41) is 10.3. The number of aromatic carboxylic acids is 1. The number of carboxylic acid groups (broad SMARTS) is 1. The quantitative estimate of drug-likeness (QED) is 0.731. The van der Waals surface area contributed by atoms with Gasteiger partial charge < -0.3 is 9.52 Å². The summed E-state index contributed by atoms with van der Waals surface area (Å²) >= 11 is 5.82. The lowest BCUT2D eigenvalue weighted by Crippen LogP contribution is -2.07. The minimum atomic E-state index is -1.15. The monoisotopic (exact) mass is 300 g/mol. The van der Waals surface area contributed by atoms with Crippen LogP contribution in [0.1, 0.15) is 10.4 Å². The first-order valence-corrected chi connectivity index (χ1v) is 6.50. The maximum Gasteiger partial charge on any atom is 0.344 e. The normalized spacial score (nSPS) is 10.7. The van der Waals surface area contributed by atoms with Crippen molar-refractivity contribution in [1.82, 2.24) is 0 Å². The molecule has 0 amide bonds. The lowest BCUT2D eigenvalue weighted by molar-refractivity contribution is 0.0697. The molecule has 0 saturated carbocycles. The predicted molar refractivity (Wildman–Crippen MR) is 79.9 cm³/mol. The third-order valence-electron chi connectivity index (χ3n) is 3.14. The summed E-state index contributed by atoms with van der Waals surface area (Å²) in [6.45, 7) is 0. The van der Waals surface area contributed by atoms with Crippen molar-refractivity contribution in [2.24, 2.45) is 0 Å². The van der Waals surface area contributed by atoms with Gasteiger partial charge in [0.05, 0.1) is 11.1 Å². The SMILES string of the molecule is O=C(O)c1cc(Cl)ccc1-c1cc2ccccc2oc1=O. The molecular formula is C16H9ClO4. The van der Waals surface area contributed by atoms with E-state index < -0.39 is 11.6 Å². The molecule has 0 spiro atoms. The van der Waals surface area contributed by atoms with E-state index in [1.165, 1.54) is 18.2 Å². The first kappa shape index (κ1) is 13.4. The predicted octanol–water partition coefficient (Wildman–Crippen LogP) is 3.81. The lowest BCUT2D eigenvalue weighted by Gasteiger charge is -2.06. The second kappa shape index (κ2) is 5.07. The summed E-state index contributed by atoms with van der Waals surface area (Å²) in [7, 11) is 0. The molecule has 0 saturated heterocycles. The molecule has 104 valence electrons. The molecule has 0 aliphatic rings. The molecule has 0 aliphatic heterocycles. The van der Waals surface area contributed by atoms with E-state index in [0.717, 1.165) is 5.39 Å². The molecule has 1 heterocycles. The smallest absolute Gasteiger partial charge is 0.344 e. The van der Waals surface area contributed by atoms with Crippen LogP contribution in [0, 0.1) is 0 Å². The lowest BCUT2D eigenvalue weighted by atomic mass is 10.0. The Kier molecular flexibility index (Phi) is 3.23. The van der Waals surface area contributed by atoms with Gasteiger partial charge in [-0.25, -0.2) is 9.59 Å². The van der Waals surface area contributed by atoms with Crippen LogP contribution >= 0.6 is 11.6 Å². The summed E-state index contributed by atoms with van der Waals surface area (Å²) in [5.74, 6) is -1.15. The van der Waals surface area contributed by atoms with Gasteiger partial charge in [0, 0.05) is 16.0 Å². The maximum atomic E-state index is 12.1. The van der Waals surface area contributed by atoms with Crippen molar-refractivity contribution >= 4 is 28.5 Å². The van der Waals surface area contributed by atoms with Gasteiger partial charge in [-0.05, 0) is 24.3 Å². The Balaban J connectivity index is 2.33. The van der Waals surface area contributed by atoms with Crippen molar-refractivity contribution in [2.75, 3.05) is 0 Å². The highest BCUT2D eigenvalue weighted by atomic mass is 35.5. The first-order chi connectivity index (χ1) is 10.1. The van der Waals surface area contributed by atoms with Crippen LogP contribution in [-0.4, -0.2) is 11.1 Å². The Hall–Kier alpha value is -2.59. The highest BCUT2D eigenvalue weighted by molar-refractivity contribution is 6.31. The topological polar surface area (TPSA) is 67.5 Å². The van der Waals surface area contributed by atoms with Gasteiger partial charge in [0.25, 0.3) is 0 Å². The Bertz CT molecular complexity index is 912. The number of hydrogen-bond acceptors (Lipinski definition) is 3. The minimum absolute atomic E-state index is 0.0370. The highest BCUT2D eigenvalue weighted by Gasteiger charge is 2.16. The number of halogens is 1.